The summed E-state index contributed by atoms with van der Waals surface area (Å²) in [5, 5.41) is 14.8. The predicted octanol–water partition coefficient (Wildman–Crippen LogP) is 3.33. The highest BCUT2D eigenvalue weighted by molar-refractivity contribution is 5.79. The van der Waals surface area contributed by atoms with Gasteiger partial charge in [0.1, 0.15) is 5.60 Å². The van der Waals surface area contributed by atoms with Crippen molar-refractivity contribution in [3.8, 4) is 0 Å². The van der Waals surface area contributed by atoms with Gasteiger partial charge in [-0.15, -0.1) is 0 Å². The Morgan fingerprint density at radius 3 is 2.00 bits per heavy atom. The Balaban J connectivity index is 2.14. The highest BCUT2D eigenvalue weighted by atomic mass is 16.3. The molecule has 1 amide bonds. The molecule has 0 aromatic heterocycles. The van der Waals surface area contributed by atoms with Crippen molar-refractivity contribution in [1.29, 1.82) is 0 Å². The van der Waals surface area contributed by atoms with Gasteiger partial charge in [-0.1, -0.05) is 62.4 Å². The second-order valence-corrected chi connectivity index (χ2v) is 6.53. The van der Waals surface area contributed by atoms with Gasteiger partial charge >= 0.3 is 0 Å². The maximum absolute atomic E-state index is 11.8. The Labute approximate surface area is 143 Å². The Morgan fingerprint density at radius 1 is 1.04 bits per heavy atom. The van der Waals surface area contributed by atoms with Gasteiger partial charge in [-0.05, 0) is 41.5 Å². The Bertz CT molecular complexity index is 691. The molecule has 0 unspecified atom stereocenters. The average molecular weight is 323 g/mol. The molecule has 3 rings (SSSR count). The van der Waals surface area contributed by atoms with E-state index in [1.54, 1.807) is 0 Å². The van der Waals surface area contributed by atoms with Crippen LogP contribution in [0.1, 0.15) is 48.9 Å². The first-order valence-electron chi connectivity index (χ1n) is 8.78. The van der Waals surface area contributed by atoms with E-state index in [9.17, 15) is 9.90 Å². The number of aliphatic hydroxyl groups is 1. The van der Waals surface area contributed by atoms with Gasteiger partial charge in [0.2, 0.25) is 5.91 Å². The van der Waals surface area contributed by atoms with E-state index in [0.29, 0.717) is 12.8 Å². The van der Waals surface area contributed by atoms with E-state index in [4.69, 9.17) is 0 Å². The van der Waals surface area contributed by atoms with Crippen LogP contribution in [0, 0.1) is 0 Å². The molecule has 1 aliphatic rings. The van der Waals surface area contributed by atoms with Gasteiger partial charge in [0.15, 0.2) is 0 Å². The summed E-state index contributed by atoms with van der Waals surface area (Å²) in [4.78, 5) is 11.8. The fourth-order valence-corrected chi connectivity index (χ4v) is 3.55. The lowest BCUT2D eigenvalue weighted by Gasteiger charge is -2.35. The molecular weight excluding hydrogens is 298 g/mol. The number of nitrogens with one attached hydrogen (secondary N) is 1. The summed E-state index contributed by atoms with van der Waals surface area (Å²) in [7, 11) is 0. The van der Waals surface area contributed by atoms with Crippen LogP contribution in [-0.4, -0.2) is 17.1 Å². The minimum Gasteiger partial charge on any atom is -0.378 e. The summed E-state index contributed by atoms with van der Waals surface area (Å²) in [6.45, 7) is 4.21. The van der Waals surface area contributed by atoms with E-state index in [0.717, 1.165) is 24.0 Å². The van der Waals surface area contributed by atoms with Crippen LogP contribution in [0.15, 0.2) is 48.5 Å². The molecule has 0 aliphatic carbocycles. The fourth-order valence-electron chi connectivity index (χ4n) is 3.55. The van der Waals surface area contributed by atoms with Crippen LogP contribution < -0.4 is 5.32 Å². The maximum atomic E-state index is 11.8. The van der Waals surface area contributed by atoms with E-state index < -0.39 is 5.60 Å². The number of carbonyl (C=O) groups excluding carboxylic acids is 1. The van der Waals surface area contributed by atoms with E-state index in [-0.39, 0.29) is 11.9 Å². The third-order valence-corrected chi connectivity index (χ3v) is 5.05. The smallest absolute Gasteiger partial charge is 0.220 e. The monoisotopic (exact) mass is 323 g/mol. The molecule has 24 heavy (non-hydrogen) atoms. The maximum Gasteiger partial charge on any atom is 0.220 e. The predicted molar refractivity (Wildman–Crippen MR) is 95.8 cm³/mol. The molecule has 0 saturated carbocycles. The van der Waals surface area contributed by atoms with Gasteiger partial charge < -0.3 is 10.4 Å². The summed E-state index contributed by atoms with van der Waals surface area (Å²) in [5.74, 6) is 0.0108. The molecule has 1 aliphatic heterocycles. The molecule has 1 saturated heterocycles. The molecule has 2 N–H and O–H groups in total. The normalized spacial score (nSPS) is 17.8. The van der Waals surface area contributed by atoms with Crippen LogP contribution in [-0.2, 0) is 23.2 Å². The third kappa shape index (κ3) is 2.96. The summed E-state index contributed by atoms with van der Waals surface area (Å²) >= 11 is 0. The van der Waals surface area contributed by atoms with Crippen molar-refractivity contribution in [3.05, 3.63) is 70.8 Å². The van der Waals surface area contributed by atoms with Crippen LogP contribution in [0.4, 0.5) is 0 Å². The van der Waals surface area contributed by atoms with Crippen molar-refractivity contribution < 1.29 is 9.90 Å². The fraction of sp³-hybridized carbons (Fsp3) is 0.381. The summed E-state index contributed by atoms with van der Waals surface area (Å²) < 4.78 is 0. The van der Waals surface area contributed by atoms with Gasteiger partial charge in [0.25, 0.3) is 0 Å². The second kappa shape index (κ2) is 6.78. The van der Waals surface area contributed by atoms with Crippen molar-refractivity contribution >= 4 is 5.91 Å². The van der Waals surface area contributed by atoms with E-state index in [1.807, 2.05) is 24.3 Å². The molecule has 2 aromatic rings. The molecule has 3 nitrogen and oxygen atoms in total. The molecule has 126 valence electrons. The molecular formula is C21H25NO2. The minimum absolute atomic E-state index is 0.0108. The van der Waals surface area contributed by atoms with Gasteiger partial charge in [-0.3, -0.25) is 4.79 Å². The SMILES string of the molecule is CCc1cccc(C(O)(c2cccc(CC)c2)[C@H]2CCC(=O)N2)c1. The van der Waals surface area contributed by atoms with E-state index in [2.05, 4.69) is 43.4 Å². The average Bonchev–Trinajstić information content (AvgIpc) is 3.08. The lowest BCUT2D eigenvalue weighted by atomic mass is 9.78. The quantitative estimate of drug-likeness (QED) is 0.887. The van der Waals surface area contributed by atoms with Crippen LogP contribution in [0.5, 0.6) is 0 Å². The van der Waals surface area contributed by atoms with Crippen molar-refractivity contribution in [1.82, 2.24) is 5.32 Å². The molecule has 3 heteroatoms. The molecule has 2 aromatic carbocycles. The van der Waals surface area contributed by atoms with Crippen molar-refractivity contribution in [2.24, 2.45) is 0 Å². The third-order valence-electron chi connectivity index (χ3n) is 5.05. The molecule has 1 atom stereocenters. The van der Waals surface area contributed by atoms with Gasteiger partial charge in [-0.25, -0.2) is 0 Å². The second-order valence-electron chi connectivity index (χ2n) is 6.53. The number of amides is 1. The topological polar surface area (TPSA) is 49.3 Å². The van der Waals surface area contributed by atoms with E-state index in [1.165, 1.54) is 11.1 Å². The van der Waals surface area contributed by atoms with Gasteiger partial charge in [0, 0.05) is 6.42 Å². The van der Waals surface area contributed by atoms with Crippen LogP contribution in [0.25, 0.3) is 0 Å². The van der Waals surface area contributed by atoms with Crippen LogP contribution in [0.2, 0.25) is 0 Å². The first kappa shape index (κ1) is 16.7. The molecule has 0 radical (unpaired) electrons. The van der Waals surface area contributed by atoms with Crippen LogP contribution >= 0.6 is 0 Å². The van der Waals surface area contributed by atoms with Gasteiger partial charge in [0.05, 0.1) is 6.04 Å². The number of carbonyl (C=O) groups is 1. The largest absolute Gasteiger partial charge is 0.378 e. The number of benzene rings is 2. The highest BCUT2D eigenvalue weighted by Gasteiger charge is 2.43. The van der Waals surface area contributed by atoms with Crippen molar-refractivity contribution in [2.75, 3.05) is 0 Å². The summed E-state index contributed by atoms with van der Waals surface area (Å²) in [6.07, 6.45) is 2.93. The lowest BCUT2D eigenvalue weighted by molar-refractivity contribution is -0.120. The van der Waals surface area contributed by atoms with Crippen molar-refractivity contribution in [2.45, 2.75) is 51.2 Å². The first-order chi connectivity index (χ1) is 11.6. The molecule has 0 bridgehead atoms. The molecule has 1 fully saturated rings. The minimum atomic E-state index is -1.21. The molecule has 1 heterocycles. The zero-order chi connectivity index (χ0) is 17.2. The lowest BCUT2D eigenvalue weighted by Crippen LogP contribution is -2.47. The number of rotatable bonds is 5. The first-order valence-corrected chi connectivity index (χ1v) is 8.78. The zero-order valence-electron chi connectivity index (χ0n) is 14.4. The van der Waals surface area contributed by atoms with E-state index >= 15 is 0 Å². The van der Waals surface area contributed by atoms with Gasteiger partial charge in [-0.2, -0.15) is 0 Å². The van der Waals surface area contributed by atoms with Crippen molar-refractivity contribution in [3.63, 3.8) is 0 Å². The zero-order valence-corrected chi connectivity index (χ0v) is 14.4. The summed E-state index contributed by atoms with van der Waals surface area (Å²) in [6, 6.07) is 15.8. The Kier molecular flexibility index (Phi) is 4.72. The number of aryl methyl sites for hydroxylation is 2. The number of hydrogen-bond donors (Lipinski definition) is 2. The number of hydrogen-bond acceptors (Lipinski definition) is 2. The summed E-state index contributed by atoms with van der Waals surface area (Å²) in [5.41, 5.74) is 2.86. The standard InChI is InChI=1S/C21H25NO2/c1-3-15-7-5-9-17(13-15)21(24,19-11-12-20(23)22-19)18-10-6-8-16(4-2)14-18/h5-10,13-14,19,24H,3-4,11-12H2,1-2H3,(H,22,23)/t19-/m1/s1. The Hall–Kier alpha value is -2.13. The molecule has 0 spiro atoms. The van der Waals surface area contributed by atoms with Crippen LogP contribution in [0.3, 0.4) is 0 Å². The highest BCUT2D eigenvalue weighted by Crippen LogP contribution is 2.37. The Morgan fingerprint density at radius 2 is 1.58 bits per heavy atom.